The van der Waals surface area contributed by atoms with Gasteiger partial charge >= 0.3 is 6.03 Å². The fourth-order valence-electron chi connectivity index (χ4n) is 2.82. The van der Waals surface area contributed by atoms with Crippen LogP contribution >= 0.6 is 11.5 Å². The number of hydrogen-bond donors (Lipinski definition) is 1. The van der Waals surface area contributed by atoms with Crippen LogP contribution < -0.4 is 5.32 Å². The maximum absolute atomic E-state index is 12.5. The Kier molecular flexibility index (Phi) is 4.80. The lowest BCUT2D eigenvalue weighted by Gasteiger charge is -2.26. The van der Waals surface area contributed by atoms with Gasteiger partial charge in [-0.05, 0) is 24.4 Å². The summed E-state index contributed by atoms with van der Waals surface area (Å²) in [6, 6.07) is 11.1. The summed E-state index contributed by atoms with van der Waals surface area (Å²) in [5.41, 5.74) is 1.84. The molecule has 1 fully saturated rings. The van der Waals surface area contributed by atoms with E-state index >= 15 is 0 Å². The molecule has 2 aromatic rings. The molecule has 0 aliphatic carbocycles. The third-order valence-electron chi connectivity index (χ3n) is 4.05. The van der Waals surface area contributed by atoms with E-state index in [0.717, 1.165) is 17.7 Å². The molecule has 1 aromatic carbocycles. The van der Waals surface area contributed by atoms with Gasteiger partial charge in [0, 0.05) is 32.3 Å². The first kappa shape index (κ1) is 16.4. The minimum Gasteiger partial charge on any atom is -0.347 e. The lowest BCUT2D eigenvalue weighted by molar-refractivity contribution is -0.132. The Balaban J connectivity index is 1.69. The van der Waals surface area contributed by atoms with Crippen molar-refractivity contribution in [3.63, 3.8) is 0 Å². The second-order valence-electron chi connectivity index (χ2n) is 5.96. The maximum atomic E-state index is 12.5. The highest BCUT2D eigenvalue weighted by atomic mass is 32.1. The summed E-state index contributed by atoms with van der Waals surface area (Å²) in [5.74, 6) is -0.0306. The molecule has 1 aromatic heterocycles. The van der Waals surface area contributed by atoms with Crippen molar-refractivity contribution in [3.8, 4) is 11.3 Å². The minimum atomic E-state index is -0.374. The van der Waals surface area contributed by atoms with E-state index in [4.69, 9.17) is 0 Å². The first-order chi connectivity index (χ1) is 11.6. The molecule has 0 saturated carbocycles. The summed E-state index contributed by atoms with van der Waals surface area (Å²) in [4.78, 5) is 27.9. The van der Waals surface area contributed by atoms with Crippen LogP contribution in [-0.4, -0.2) is 52.8 Å². The molecule has 1 unspecified atom stereocenters. The number of rotatable bonds is 3. The number of carbonyl (C=O) groups excluding carboxylic acids is 2. The van der Waals surface area contributed by atoms with E-state index in [2.05, 4.69) is 9.69 Å². The molecule has 1 saturated heterocycles. The molecule has 1 N–H and O–H groups in total. The van der Waals surface area contributed by atoms with Gasteiger partial charge in [0.15, 0.2) is 0 Å². The molecular formula is C17H20N4O2S. The highest BCUT2D eigenvalue weighted by Crippen LogP contribution is 2.26. The molecule has 0 radical (unpaired) electrons. The fraction of sp³-hybridized carbons (Fsp3) is 0.353. The lowest BCUT2D eigenvalue weighted by Crippen LogP contribution is -2.46. The van der Waals surface area contributed by atoms with Gasteiger partial charge in [-0.1, -0.05) is 30.3 Å². The van der Waals surface area contributed by atoms with E-state index < -0.39 is 0 Å². The van der Waals surface area contributed by atoms with E-state index in [1.165, 1.54) is 16.4 Å². The van der Waals surface area contributed by atoms with E-state index in [9.17, 15) is 9.59 Å². The summed E-state index contributed by atoms with van der Waals surface area (Å²) >= 11 is 1.24. The second-order valence-corrected chi connectivity index (χ2v) is 6.76. The molecule has 3 rings (SSSR count). The quantitative estimate of drug-likeness (QED) is 0.931. The Bertz CT molecular complexity index is 729. The average Bonchev–Trinajstić information content (AvgIpc) is 3.24. The standard InChI is InChI=1S/C17H20N4O2S/c1-20(2)16(22)14-9-6-10-21(14)17(23)18-15-11-13(19-24-15)12-7-4-3-5-8-12/h3-5,7-8,11,14H,6,9-10H2,1-2H3,(H,18,23). The van der Waals surface area contributed by atoms with E-state index in [0.29, 0.717) is 18.0 Å². The number of aromatic nitrogens is 1. The number of carbonyl (C=O) groups is 2. The predicted molar refractivity (Wildman–Crippen MR) is 95.0 cm³/mol. The zero-order chi connectivity index (χ0) is 17.1. The lowest BCUT2D eigenvalue weighted by atomic mass is 10.2. The first-order valence-electron chi connectivity index (χ1n) is 7.87. The van der Waals surface area contributed by atoms with Crippen LogP contribution in [0.1, 0.15) is 12.8 Å². The van der Waals surface area contributed by atoms with Gasteiger partial charge in [-0.25, -0.2) is 4.79 Å². The first-order valence-corrected chi connectivity index (χ1v) is 8.64. The smallest absolute Gasteiger partial charge is 0.323 e. The monoisotopic (exact) mass is 344 g/mol. The molecule has 126 valence electrons. The van der Waals surface area contributed by atoms with Crippen molar-refractivity contribution < 1.29 is 9.59 Å². The van der Waals surface area contributed by atoms with Gasteiger partial charge in [-0.3, -0.25) is 10.1 Å². The molecule has 2 heterocycles. The number of likely N-dealkylation sites (N-methyl/N-ethyl adjacent to an activating group) is 1. The van der Waals surface area contributed by atoms with Crippen molar-refractivity contribution in [3.05, 3.63) is 36.4 Å². The summed E-state index contributed by atoms with van der Waals surface area (Å²) in [6.45, 7) is 0.598. The number of hydrogen-bond acceptors (Lipinski definition) is 4. The van der Waals surface area contributed by atoms with Gasteiger partial charge in [0.1, 0.15) is 11.0 Å². The second kappa shape index (κ2) is 7.00. The van der Waals surface area contributed by atoms with Crippen LogP contribution in [0.5, 0.6) is 0 Å². The fourth-order valence-corrected chi connectivity index (χ4v) is 3.47. The molecule has 1 aliphatic rings. The number of anilines is 1. The Morgan fingerprint density at radius 1 is 1.29 bits per heavy atom. The van der Waals surface area contributed by atoms with Gasteiger partial charge in [0.25, 0.3) is 0 Å². The van der Waals surface area contributed by atoms with Crippen LogP contribution in [-0.2, 0) is 4.79 Å². The molecule has 1 atom stereocenters. The number of nitrogens with zero attached hydrogens (tertiary/aromatic N) is 3. The number of nitrogens with one attached hydrogen (secondary N) is 1. The summed E-state index contributed by atoms with van der Waals surface area (Å²) in [7, 11) is 3.43. The molecule has 0 spiro atoms. The van der Waals surface area contributed by atoms with Crippen molar-refractivity contribution in [2.75, 3.05) is 26.0 Å². The molecule has 1 aliphatic heterocycles. The normalized spacial score (nSPS) is 16.9. The summed E-state index contributed by atoms with van der Waals surface area (Å²) in [6.07, 6.45) is 1.55. The number of benzene rings is 1. The summed E-state index contributed by atoms with van der Waals surface area (Å²) < 4.78 is 4.38. The number of urea groups is 1. The van der Waals surface area contributed by atoms with E-state index in [-0.39, 0.29) is 18.0 Å². The van der Waals surface area contributed by atoms with Crippen LogP contribution in [0.3, 0.4) is 0 Å². The number of amides is 3. The highest BCUT2D eigenvalue weighted by molar-refractivity contribution is 7.10. The maximum Gasteiger partial charge on any atom is 0.323 e. The minimum absolute atomic E-state index is 0.0306. The van der Waals surface area contributed by atoms with Gasteiger partial charge in [-0.15, -0.1) is 0 Å². The Morgan fingerprint density at radius 3 is 2.75 bits per heavy atom. The third kappa shape index (κ3) is 3.41. The van der Waals surface area contributed by atoms with Crippen molar-refractivity contribution >= 4 is 28.5 Å². The molecule has 7 heteroatoms. The molecule has 24 heavy (non-hydrogen) atoms. The van der Waals surface area contributed by atoms with Crippen molar-refractivity contribution in [1.82, 2.24) is 14.2 Å². The van der Waals surface area contributed by atoms with Crippen molar-refractivity contribution in [2.45, 2.75) is 18.9 Å². The van der Waals surface area contributed by atoms with E-state index in [1.54, 1.807) is 19.0 Å². The van der Waals surface area contributed by atoms with Gasteiger partial charge < -0.3 is 9.80 Å². The molecular weight excluding hydrogens is 324 g/mol. The van der Waals surface area contributed by atoms with Gasteiger partial charge in [0.05, 0.1) is 5.69 Å². The number of likely N-dealkylation sites (tertiary alicyclic amines) is 1. The zero-order valence-corrected chi connectivity index (χ0v) is 14.5. The van der Waals surface area contributed by atoms with Crippen molar-refractivity contribution in [2.24, 2.45) is 0 Å². The van der Waals surface area contributed by atoms with Crippen LogP contribution in [0.4, 0.5) is 9.80 Å². The Morgan fingerprint density at radius 2 is 2.04 bits per heavy atom. The summed E-state index contributed by atoms with van der Waals surface area (Å²) in [5, 5.41) is 3.55. The predicted octanol–water partition coefficient (Wildman–Crippen LogP) is 2.89. The van der Waals surface area contributed by atoms with Crippen LogP contribution in [0.2, 0.25) is 0 Å². The van der Waals surface area contributed by atoms with Crippen molar-refractivity contribution in [1.29, 1.82) is 0 Å². The molecule has 3 amide bonds. The van der Waals surface area contributed by atoms with Gasteiger partial charge in [0.2, 0.25) is 5.91 Å². The Labute approximate surface area is 145 Å². The largest absolute Gasteiger partial charge is 0.347 e. The topological polar surface area (TPSA) is 65.5 Å². The van der Waals surface area contributed by atoms with E-state index in [1.807, 2.05) is 36.4 Å². The van der Waals surface area contributed by atoms with Crippen LogP contribution in [0.25, 0.3) is 11.3 Å². The average molecular weight is 344 g/mol. The zero-order valence-electron chi connectivity index (χ0n) is 13.7. The molecule has 6 nitrogen and oxygen atoms in total. The SMILES string of the molecule is CN(C)C(=O)C1CCCN1C(=O)Nc1cc(-c2ccccc2)ns1. The third-order valence-corrected chi connectivity index (χ3v) is 4.75. The Hall–Kier alpha value is -2.41. The van der Waals surface area contributed by atoms with Gasteiger partial charge in [-0.2, -0.15) is 4.37 Å². The van der Waals surface area contributed by atoms with Crippen LogP contribution in [0.15, 0.2) is 36.4 Å². The highest BCUT2D eigenvalue weighted by Gasteiger charge is 2.35. The van der Waals surface area contributed by atoms with Crippen LogP contribution in [0, 0.1) is 0 Å². The molecule has 0 bridgehead atoms.